The molecule has 0 spiro atoms. The lowest BCUT2D eigenvalue weighted by atomic mass is 10.1. The Morgan fingerprint density at radius 1 is 0.966 bits per heavy atom. The van der Waals surface area contributed by atoms with Gasteiger partial charge in [0.15, 0.2) is 0 Å². The van der Waals surface area contributed by atoms with E-state index < -0.39 is 0 Å². The number of amides is 1. The Balaban J connectivity index is 1.64. The first-order valence-electron chi connectivity index (χ1n) is 9.75. The van der Waals surface area contributed by atoms with Crippen LogP contribution >= 0.6 is 11.3 Å². The van der Waals surface area contributed by atoms with Crippen LogP contribution in [0.2, 0.25) is 0 Å². The molecule has 0 saturated heterocycles. The predicted molar refractivity (Wildman–Crippen MR) is 117 cm³/mol. The molecule has 4 aromatic rings. The summed E-state index contributed by atoms with van der Waals surface area (Å²) in [7, 11) is 0. The molecular weight excluding hydrogens is 382 g/mol. The van der Waals surface area contributed by atoms with Crippen molar-refractivity contribution in [2.24, 2.45) is 0 Å². The van der Waals surface area contributed by atoms with E-state index in [1.54, 1.807) is 20.5 Å². The number of para-hydroxylation sites is 2. The first-order valence-corrected chi connectivity index (χ1v) is 10.6. The van der Waals surface area contributed by atoms with E-state index in [1.807, 2.05) is 79.0 Å². The van der Waals surface area contributed by atoms with E-state index in [4.69, 9.17) is 0 Å². The summed E-state index contributed by atoms with van der Waals surface area (Å²) in [6.07, 6.45) is 0.856. The highest BCUT2D eigenvalue weighted by Crippen LogP contribution is 2.26. The molecule has 2 aromatic carbocycles. The number of carbonyl (C=O) groups is 1. The van der Waals surface area contributed by atoms with Crippen LogP contribution in [0, 0.1) is 0 Å². The Labute approximate surface area is 173 Å². The summed E-state index contributed by atoms with van der Waals surface area (Å²) >= 11 is 1.60. The number of nitrogens with one attached hydrogen (secondary N) is 1. The van der Waals surface area contributed by atoms with E-state index in [9.17, 15) is 9.59 Å². The highest BCUT2D eigenvalue weighted by molar-refractivity contribution is 7.10. The molecule has 0 saturated carbocycles. The molecule has 0 fully saturated rings. The van der Waals surface area contributed by atoms with Gasteiger partial charge >= 0.3 is 5.69 Å². The van der Waals surface area contributed by atoms with Crippen molar-refractivity contribution in [3.63, 3.8) is 0 Å². The van der Waals surface area contributed by atoms with E-state index in [2.05, 4.69) is 5.32 Å². The van der Waals surface area contributed by atoms with Crippen molar-refractivity contribution >= 4 is 28.3 Å². The Morgan fingerprint density at radius 3 is 2.31 bits per heavy atom. The average Bonchev–Trinajstić information content (AvgIpc) is 3.36. The largest absolute Gasteiger partial charge is 0.343 e. The fourth-order valence-corrected chi connectivity index (χ4v) is 4.44. The van der Waals surface area contributed by atoms with Gasteiger partial charge in [0.1, 0.15) is 6.54 Å². The number of benzene rings is 2. The Morgan fingerprint density at radius 2 is 1.66 bits per heavy atom. The van der Waals surface area contributed by atoms with Gasteiger partial charge in [0.2, 0.25) is 5.91 Å². The van der Waals surface area contributed by atoms with Gasteiger partial charge in [-0.15, -0.1) is 11.3 Å². The summed E-state index contributed by atoms with van der Waals surface area (Å²) in [5.41, 5.74) is 2.53. The lowest BCUT2D eigenvalue weighted by Gasteiger charge is -2.18. The van der Waals surface area contributed by atoms with Crippen molar-refractivity contribution in [2.45, 2.75) is 32.5 Å². The Kier molecular flexibility index (Phi) is 5.62. The summed E-state index contributed by atoms with van der Waals surface area (Å²) in [4.78, 5) is 27.0. The maximum atomic E-state index is 13.0. The van der Waals surface area contributed by atoms with Gasteiger partial charge in [0.25, 0.3) is 0 Å². The number of rotatable bonds is 7. The number of thiophene rings is 1. The Bertz CT molecular complexity index is 1160. The van der Waals surface area contributed by atoms with Gasteiger partial charge in [-0.25, -0.2) is 4.79 Å². The molecule has 1 atom stereocenters. The van der Waals surface area contributed by atoms with Crippen molar-refractivity contribution in [2.75, 3.05) is 0 Å². The summed E-state index contributed by atoms with van der Waals surface area (Å²) < 4.78 is 3.31. The van der Waals surface area contributed by atoms with Crippen molar-refractivity contribution in [3.8, 4) is 0 Å². The Hall–Kier alpha value is -3.12. The van der Waals surface area contributed by atoms with Gasteiger partial charge in [-0.1, -0.05) is 55.5 Å². The van der Waals surface area contributed by atoms with Crippen LogP contribution in [0.15, 0.2) is 76.9 Å². The van der Waals surface area contributed by atoms with Crippen LogP contribution < -0.4 is 11.0 Å². The minimum absolute atomic E-state index is 0.00916. The highest BCUT2D eigenvalue weighted by atomic mass is 32.1. The van der Waals surface area contributed by atoms with Crippen molar-refractivity contribution in [1.82, 2.24) is 14.5 Å². The SMILES string of the molecule is CCCn1c(=O)n(CC(=O)N[C@H](c2ccccc2)c2cccs2)c2ccccc21. The number of fused-ring (bicyclic) bond motifs is 1. The van der Waals surface area contributed by atoms with Crippen LogP contribution in [0.5, 0.6) is 0 Å². The molecular formula is C23H23N3O2S. The molecule has 0 aliphatic rings. The molecule has 1 amide bonds. The molecule has 6 heteroatoms. The second-order valence-electron chi connectivity index (χ2n) is 6.94. The highest BCUT2D eigenvalue weighted by Gasteiger charge is 2.20. The van der Waals surface area contributed by atoms with E-state index in [0.717, 1.165) is 27.9 Å². The summed E-state index contributed by atoms with van der Waals surface area (Å²) in [6.45, 7) is 2.66. The first kappa shape index (κ1) is 19.2. The summed E-state index contributed by atoms with van der Waals surface area (Å²) in [5, 5.41) is 5.12. The zero-order valence-corrected chi connectivity index (χ0v) is 17.1. The van der Waals surface area contributed by atoms with E-state index >= 15 is 0 Å². The standard InChI is InChI=1S/C23H23N3O2S/c1-2-14-25-18-11-6-7-12-19(18)26(23(25)28)16-21(27)24-22(20-13-8-15-29-20)17-9-4-3-5-10-17/h3-13,15,22H,2,14,16H2,1H3,(H,24,27)/t22-/m1/s1. The number of imidazole rings is 1. The number of nitrogens with zero attached hydrogens (tertiary/aromatic N) is 2. The second kappa shape index (κ2) is 8.49. The van der Waals surface area contributed by atoms with Gasteiger partial charge in [0.05, 0.1) is 17.1 Å². The number of carbonyl (C=O) groups excluding carboxylic acids is 1. The van der Waals surface area contributed by atoms with E-state index in [0.29, 0.717) is 6.54 Å². The maximum absolute atomic E-state index is 13.0. The number of aromatic nitrogens is 2. The van der Waals surface area contributed by atoms with Crippen molar-refractivity contribution in [3.05, 3.63) is 93.0 Å². The predicted octanol–water partition coefficient (Wildman–Crippen LogP) is 4.18. The van der Waals surface area contributed by atoms with Crippen LogP contribution in [-0.4, -0.2) is 15.0 Å². The van der Waals surface area contributed by atoms with Crippen LogP contribution in [-0.2, 0) is 17.9 Å². The molecule has 0 bridgehead atoms. The van der Waals surface area contributed by atoms with Crippen LogP contribution in [0.3, 0.4) is 0 Å². The van der Waals surface area contributed by atoms with E-state index in [1.165, 1.54) is 0 Å². The molecule has 2 aromatic heterocycles. The second-order valence-corrected chi connectivity index (χ2v) is 7.91. The molecule has 0 aliphatic carbocycles. The quantitative estimate of drug-likeness (QED) is 0.501. The number of aryl methyl sites for hydroxylation is 1. The van der Waals surface area contributed by atoms with E-state index in [-0.39, 0.29) is 24.2 Å². The monoisotopic (exact) mass is 405 g/mol. The molecule has 2 heterocycles. The third-order valence-corrected chi connectivity index (χ3v) is 5.88. The molecule has 1 N–H and O–H groups in total. The van der Waals surface area contributed by atoms with Gasteiger partial charge in [0, 0.05) is 11.4 Å². The summed E-state index contributed by atoms with van der Waals surface area (Å²) in [6, 6.07) is 21.3. The summed E-state index contributed by atoms with van der Waals surface area (Å²) in [5.74, 6) is -0.186. The lowest BCUT2D eigenvalue weighted by molar-refractivity contribution is -0.122. The topological polar surface area (TPSA) is 56.0 Å². The van der Waals surface area contributed by atoms with Gasteiger partial charge in [-0.2, -0.15) is 0 Å². The minimum atomic E-state index is -0.233. The number of hydrogen-bond donors (Lipinski definition) is 1. The normalized spacial score (nSPS) is 12.2. The smallest absolute Gasteiger partial charge is 0.329 e. The van der Waals surface area contributed by atoms with Crippen LogP contribution in [0.25, 0.3) is 11.0 Å². The molecule has 5 nitrogen and oxygen atoms in total. The van der Waals surface area contributed by atoms with Crippen molar-refractivity contribution < 1.29 is 4.79 Å². The van der Waals surface area contributed by atoms with Crippen LogP contribution in [0.1, 0.15) is 29.8 Å². The van der Waals surface area contributed by atoms with Crippen LogP contribution in [0.4, 0.5) is 0 Å². The fourth-order valence-electron chi connectivity index (χ4n) is 3.63. The minimum Gasteiger partial charge on any atom is -0.343 e. The molecule has 4 rings (SSSR count). The zero-order chi connectivity index (χ0) is 20.2. The fraction of sp³-hybridized carbons (Fsp3) is 0.217. The van der Waals surface area contributed by atoms with Gasteiger partial charge in [-0.05, 0) is 35.6 Å². The molecule has 148 valence electrons. The first-order chi connectivity index (χ1) is 14.2. The average molecular weight is 406 g/mol. The lowest BCUT2D eigenvalue weighted by Crippen LogP contribution is -2.35. The third kappa shape index (κ3) is 3.89. The molecule has 0 unspecified atom stereocenters. The number of hydrogen-bond acceptors (Lipinski definition) is 3. The van der Waals surface area contributed by atoms with Gasteiger partial charge in [-0.3, -0.25) is 13.9 Å². The van der Waals surface area contributed by atoms with Crippen molar-refractivity contribution in [1.29, 1.82) is 0 Å². The maximum Gasteiger partial charge on any atom is 0.329 e. The zero-order valence-electron chi connectivity index (χ0n) is 16.2. The molecule has 0 aliphatic heterocycles. The van der Waals surface area contributed by atoms with Gasteiger partial charge < -0.3 is 5.32 Å². The molecule has 29 heavy (non-hydrogen) atoms. The third-order valence-electron chi connectivity index (χ3n) is 4.94. The molecule has 0 radical (unpaired) electrons.